The van der Waals surface area contributed by atoms with Crippen LogP contribution in [0.4, 0.5) is 0 Å². The van der Waals surface area contributed by atoms with E-state index in [1.807, 2.05) is 0 Å². The molecule has 0 amide bonds. The molecule has 0 saturated heterocycles. The van der Waals surface area contributed by atoms with Crippen LogP contribution in [-0.2, 0) is 0 Å². The minimum absolute atomic E-state index is 0.185. The zero-order valence-corrected chi connectivity index (χ0v) is 17.5. The molecule has 1 unspecified atom stereocenters. The maximum atomic E-state index is 3.81. The Bertz CT molecular complexity index is 226. The third kappa shape index (κ3) is 14.1. The van der Waals surface area contributed by atoms with Crippen LogP contribution < -0.4 is 0 Å². The van der Waals surface area contributed by atoms with Crippen LogP contribution in [0.5, 0.6) is 0 Å². The lowest BCUT2D eigenvalue weighted by atomic mass is 10.0. The summed E-state index contributed by atoms with van der Waals surface area (Å²) in [5.41, 5.74) is 0. The lowest BCUT2D eigenvalue weighted by Crippen LogP contribution is -2.34. The van der Waals surface area contributed by atoms with Crippen molar-refractivity contribution in [2.24, 2.45) is 0 Å². The molecule has 0 aliphatic carbocycles. The van der Waals surface area contributed by atoms with Gasteiger partial charge in [0.25, 0.3) is 0 Å². The van der Waals surface area contributed by atoms with Gasteiger partial charge in [0.2, 0.25) is 0 Å². The Kier molecular flexibility index (Phi) is 15.3. The van der Waals surface area contributed by atoms with Crippen LogP contribution in [0.25, 0.3) is 0 Å². The van der Waals surface area contributed by atoms with Gasteiger partial charge < -0.3 is 0 Å². The third-order valence-corrected chi connectivity index (χ3v) is 6.02. The molecular weight excluding hydrogens is 334 g/mol. The van der Waals surface area contributed by atoms with Gasteiger partial charge in [0, 0.05) is 0 Å². The Morgan fingerprint density at radius 2 is 0.955 bits per heavy atom. The molecule has 0 aromatic carbocycles. The van der Waals surface area contributed by atoms with Crippen molar-refractivity contribution >= 4 is 15.9 Å². The highest BCUT2D eigenvalue weighted by atomic mass is 79.9. The van der Waals surface area contributed by atoms with E-state index in [2.05, 4.69) is 48.8 Å². The SMILES string of the molecule is CCCCCCCCCCCCCCCCC(C)(Br)N(C)C. The second kappa shape index (κ2) is 15.0. The van der Waals surface area contributed by atoms with Gasteiger partial charge in [-0.3, -0.25) is 4.90 Å². The summed E-state index contributed by atoms with van der Waals surface area (Å²) in [6.45, 7) is 4.57. The van der Waals surface area contributed by atoms with Crippen molar-refractivity contribution in [3.8, 4) is 0 Å². The zero-order valence-electron chi connectivity index (χ0n) is 15.9. The highest BCUT2D eigenvalue weighted by Crippen LogP contribution is 2.27. The molecule has 2 heteroatoms. The Balaban J connectivity index is 3.15. The van der Waals surface area contributed by atoms with E-state index in [1.165, 1.54) is 96.3 Å². The van der Waals surface area contributed by atoms with Crippen molar-refractivity contribution in [2.45, 2.75) is 115 Å². The smallest absolute Gasteiger partial charge is 0.0733 e. The van der Waals surface area contributed by atoms with Crippen LogP contribution in [0.1, 0.15) is 110 Å². The molecule has 0 radical (unpaired) electrons. The fraction of sp³-hybridized carbons (Fsp3) is 1.00. The molecule has 134 valence electrons. The predicted molar refractivity (Wildman–Crippen MR) is 106 cm³/mol. The number of halogens is 1. The quantitative estimate of drug-likeness (QED) is 0.153. The minimum atomic E-state index is 0.185. The molecule has 0 rings (SSSR count). The molecule has 1 atom stereocenters. The maximum Gasteiger partial charge on any atom is 0.0733 e. The molecule has 0 fully saturated rings. The maximum absolute atomic E-state index is 3.81. The Morgan fingerprint density at radius 3 is 1.27 bits per heavy atom. The van der Waals surface area contributed by atoms with E-state index in [4.69, 9.17) is 0 Å². The second-order valence-electron chi connectivity index (χ2n) is 7.38. The summed E-state index contributed by atoms with van der Waals surface area (Å²) in [5, 5.41) is 0. The summed E-state index contributed by atoms with van der Waals surface area (Å²) in [7, 11) is 4.30. The first kappa shape index (κ1) is 22.4. The summed E-state index contributed by atoms with van der Waals surface area (Å²) in [6.07, 6.45) is 21.4. The Hall–Kier alpha value is 0.440. The van der Waals surface area contributed by atoms with E-state index in [1.54, 1.807) is 0 Å². The van der Waals surface area contributed by atoms with Crippen LogP contribution in [0.15, 0.2) is 0 Å². The molecule has 0 aromatic heterocycles. The fourth-order valence-electron chi connectivity index (χ4n) is 2.87. The van der Waals surface area contributed by atoms with Crippen molar-refractivity contribution in [1.82, 2.24) is 4.90 Å². The average molecular weight is 376 g/mol. The Morgan fingerprint density at radius 1 is 0.636 bits per heavy atom. The van der Waals surface area contributed by atoms with E-state index >= 15 is 0 Å². The van der Waals surface area contributed by atoms with Crippen LogP contribution in [0.2, 0.25) is 0 Å². The fourth-order valence-corrected chi connectivity index (χ4v) is 3.15. The highest BCUT2D eigenvalue weighted by molar-refractivity contribution is 9.10. The lowest BCUT2D eigenvalue weighted by molar-refractivity contribution is 0.263. The van der Waals surface area contributed by atoms with E-state index in [-0.39, 0.29) is 4.45 Å². The monoisotopic (exact) mass is 375 g/mol. The molecule has 22 heavy (non-hydrogen) atoms. The summed E-state index contributed by atoms with van der Waals surface area (Å²) in [5.74, 6) is 0. The number of hydrogen-bond donors (Lipinski definition) is 0. The molecule has 1 nitrogen and oxygen atoms in total. The van der Waals surface area contributed by atoms with Gasteiger partial charge in [-0.25, -0.2) is 0 Å². The van der Waals surface area contributed by atoms with Gasteiger partial charge in [-0.2, -0.15) is 0 Å². The summed E-state index contributed by atoms with van der Waals surface area (Å²) in [4.78, 5) is 2.27. The predicted octanol–water partition coefficient (Wildman–Crippen LogP) is 7.53. The summed E-state index contributed by atoms with van der Waals surface area (Å²) >= 11 is 3.81. The Labute approximate surface area is 149 Å². The standard InChI is InChI=1S/C20H42BrN/c1-5-6-7-8-9-10-11-12-13-14-15-16-17-18-19-20(2,21)22(3)4/h5-19H2,1-4H3. The zero-order chi connectivity index (χ0) is 16.7. The first-order chi connectivity index (χ1) is 10.5. The summed E-state index contributed by atoms with van der Waals surface area (Å²) < 4.78 is 0.185. The molecule has 0 aliphatic rings. The van der Waals surface area contributed by atoms with Gasteiger partial charge in [0.15, 0.2) is 0 Å². The van der Waals surface area contributed by atoms with Crippen LogP contribution >= 0.6 is 15.9 Å². The molecule has 0 saturated carbocycles. The molecule has 0 aromatic rings. The van der Waals surface area contributed by atoms with Gasteiger partial charge in [-0.05, 0) is 27.4 Å². The van der Waals surface area contributed by atoms with Crippen LogP contribution in [0, 0.1) is 0 Å². The number of hydrogen-bond acceptors (Lipinski definition) is 1. The van der Waals surface area contributed by atoms with Gasteiger partial charge in [0.05, 0.1) is 4.45 Å². The average Bonchev–Trinajstić information content (AvgIpc) is 2.47. The second-order valence-corrected chi connectivity index (χ2v) is 9.09. The van der Waals surface area contributed by atoms with E-state index in [0.717, 1.165) is 0 Å². The molecular formula is C20H42BrN. The van der Waals surface area contributed by atoms with Crippen molar-refractivity contribution in [2.75, 3.05) is 14.1 Å². The van der Waals surface area contributed by atoms with E-state index in [0.29, 0.717) is 0 Å². The van der Waals surface area contributed by atoms with Crippen molar-refractivity contribution in [3.63, 3.8) is 0 Å². The van der Waals surface area contributed by atoms with E-state index < -0.39 is 0 Å². The number of nitrogens with zero attached hydrogens (tertiary/aromatic N) is 1. The first-order valence-corrected chi connectivity index (χ1v) is 10.7. The van der Waals surface area contributed by atoms with Crippen LogP contribution in [0.3, 0.4) is 0 Å². The van der Waals surface area contributed by atoms with Crippen molar-refractivity contribution < 1.29 is 0 Å². The van der Waals surface area contributed by atoms with E-state index in [9.17, 15) is 0 Å². The molecule has 0 spiro atoms. The van der Waals surface area contributed by atoms with Gasteiger partial charge in [-0.1, -0.05) is 113 Å². The third-order valence-electron chi connectivity index (χ3n) is 4.92. The van der Waals surface area contributed by atoms with Gasteiger partial charge >= 0.3 is 0 Å². The largest absolute Gasteiger partial charge is 0.295 e. The van der Waals surface area contributed by atoms with Crippen molar-refractivity contribution in [3.05, 3.63) is 0 Å². The first-order valence-electron chi connectivity index (χ1n) is 9.87. The van der Waals surface area contributed by atoms with Gasteiger partial charge in [-0.15, -0.1) is 0 Å². The van der Waals surface area contributed by atoms with Crippen LogP contribution in [-0.4, -0.2) is 23.4 Å². The molecule has 0 bridgehead atoms. The number of unbranched alkanes of at least 4 members (excludes halogenated alkanes) is 13. The molecule has 0 N–H and O–H groups in total. The number of rotatable bonds is 16. The number of alkyl halides is 1. The highest BCUT2D eigenvalue weighted by Gasteiger charge is 2.21. The topological polar surface area (TPSA) is 3.24 Å². The summed E-state index contributed by atoms with van der Waals surface area (Å²) in [6, 6.07) is 0. The van der Waals surface area contributed by atoms with Crippen molar-refractivity contribution in [1.29, 1.82) is 0 Å². The minimum Gasteiger partial charge on any atom is -0.295 e. The lowest BCUT2D eigenvalue weighted by Gasteiger charge is -2.30. The normalized spacial score (nSPS) is 14.5. The molecule has 0 aliphatic heterocycles. The van der Waals surface area contributed by atoms with Gasteiger partial charge in [0.1, 0.15) is 0 Å². The molecule has 0 heterocycles.